The molecule has 0 aliphatic carbocycles. The summed E-state index contributed by atoms with van der Waals surface area (Å²) in [6.45, 7) is 4.49. The lowest BCUT2D eigenvalue weighted by Crippen LogP contribution is -2.42. The van der Waals surface area contributed by atoms with Gasteiger partial charge in [-0.2, -0.15) is 0 Å². The number of aromatic nitrogens is 2. The minimum atomic E-state index is -0.513. The van der Waals surface area contributed by atoms with Crippen LogP contribution in [-0.2, 0) is 6.42 Å². The second kappa shape index (κ2) is 11.7. The first-order valence-electron chi connectivity index (χ1n) is 12.2. The Kier molecular flexibility index (Phi) is 8.22. The van der Waals surface area contributed by atoms with E-state index in [-0.39, 0.29) is 29.5 Å². The summed E-state index contributed by atoms with van der Waals surface area (Å²) in [6.07, 6.45) is 5.06. The molecule has 3 aromatic rings. The van der Waals surface area contributed by atoms with Crippen LogP contribution in [0.25, 0.3) is 0 Å². The lowest BCUT2D eigenvalue weighted by atomic mass is 10.0. The third-order valence-corrected chi connectivity index (χ3v) is 6.45. The number of piperidine rings is 1. The van der Waals surface area contributed by atoms with Gasteiger partial charge in [0.05, 0.1) is 6.33 Å². The smallest absolute Gasteiger partial charge is 0.276 e. The highest BCUT2D eigenvalue weighted by atomic mass is 19.1. The molecule has 3 N–H and O–H groups in total. The highest BCUT2D eigenvalue weighted by molar-refractivity contribution is 6.10. The molecule has 1 fully saturated rings. The third kappa shape index (κ3) is 6.42. The van der Waals surface area contributed by atoms with Crippen LogP contribution in [0.15, 0.2) is 54.9 Å². The SMILES string of the molecule is CC1CCCCN1CCNC(=O)c1[nH]cnc1C(=O)Nc1ccc(CC(=O)c2ccc(F)cc2)cc1. The van der Waals surface area contributed by atoms with E-state index in [0.29, 0.717) is 23.8 Å². The molecule has 1 saturated heterocycles. The Morgan fingerprint density at radius 2 is 1.81 bits per heavy atom. The van der Waals surface area contributed by atoms with Crippen LogP contribution in [0, 0.1) is 5.82 Å². The summed E-state index contributed by atoms with van der Waals surface area (Å²) in [5.74, 6) is -1.41. The fourth-order valence-electron chi connectivity index (χ4n) is 4.35. The van der Waals surface area contributed by atoms with Crippen molar-refractivity contribution in [3.8, 4) is 0 Å². The van der Waals surface area contributed by atoms with E-state index in [1.165, 1.54) is 49.9 Å². The number of halogens is 1. The van der Waals surface area contributed by atoms with Gasteiger partial charge in [0, 0.05) is 36.8 Å². The van der Waals surface area contributed by atoms with Gasteiger partial charge in [-0.1, -0.05) is 18.6 Å². The molecule has 36 heavy (non-hydrogen) atoms. The highest BCUT2D eigenvalue weighted by Crippen LogP contribution is 2.16. The van der Waals surface area contributed by atoms with Crippen molar-refractivity contribution in [1.29, 1.82) is 0 Å². The van der Waals surface area contributed by atoms with Gasteiger partial charge >= 0.3 is 0 Å². The van der Waals surface area contributed by atoms with Crippen molar-refractivity contribution in [1.82, 2.24) is 20.2 Å². The zero-order valence-corrected chi connectivity index (χ0v) is 20.2. The van der Waals surface area contributed by atoms with Crippen LogP contribution in [0.3, 0.4) is 0 Å². The largest absolute Gasteiger partial charge is 0.349 e. The Morgan fingerprint density at radius 3 is 2.53 bits per heavy atom. The van der Waals surface area contributed by atoms with Crippen LogP contribution in [-0.4, -0.2) is 58.1 Å². The van der Waals surface area contributed by atoms with Gasteiger partial charge in [0.25, 0.3) is 11.8 Å². The predicted molar refractivity (Wildman–Crippen MR) is 135 cm³/mol. The number of carbonyl (C=O) groups excluding carboxylic acids is 3. The number of aromatic amines is 1. The molecule has 2 heterocycles. The normalized spacial score (nSPS) is 15.9. The number of nitrogens with zero attached hydrogens (tertiary/aromatic N) is 2. The Balaban J connectivity index is 1.30. The molecule has 0 radical (unpaired) electrons. The Morgan fingerprint density at radius 1 is 1.06 bits per heavy atom. The number of Topliss-reactive ketones (excluding diaryl/α,β-unsaturated/α-hetero) is 1. The molecule has 1 unspecified atom stereocenters. The summed E-state index contributed by atoms with van der Waals surface area (Å²) in [5, 5.41) is 5.61. The number of nitrogens with one attached hydrogen (secondary N) is 3. The van der Waals surface area contributed by atoms with Gasteiger partial charge in [-0.05, 0) is 68.3 Å². The van der Waals surface area contributed by atoms with Crippen molar-refractivity contribution in [3.05, 3.63) is 83.2 Å². The number of benzene rings is 2. The number of anilines is 1. The molecule has 188 valence electrons. The van der Waals surface area contributed by atoms with Crippen molar-refractivity contribution >= 4 is 23.3 Å². The molecule has 1 aliphatic rings. The zero-order chi connectivity index (χ0) is 25.5. The average Bonchev–Trinajstić information content (AvgIpc) is 3.37. The number of likely N-dealkylation sites (tertiary alicyclic amines) is 1. The first-order valence-corrected chi connectivity index (χ1v) is 12.2. The van der Waals surface area contributed by atoms with Crippen LogP contribution >= 0.6 is 0 Å². The van der Waals surface area contributed by atoms with E-state index in [1.54, 1.807) is 24.3 Å². The van der Waals surface area contributed by atoms with Crippen molar-refractivity contribution < 1.29 is 18.8 Å². The number of ketones is 1. The number of hydrogen-bond donors (Lipinski definition) is 3. The Labute approximate surface area is 209 Å². The molecule has 2 aromatic carbocycles. The van der Waals surface area contributed by atoms with Gasteiger partial charge < -0.3 is 15.6 Å². The summed E-state index contributed by atoms with van der Waals surface area (Å²) in [7, 11) is 0. The predicted octanol–water partition coefficient (Wildman–Crippen LogP) is 3.83. The topological polar surface area (TPSA) is 107 Å². The molecule has 1 aliphatic heterocycles. The van der Waals surface area contributed by atoms with Crippen LogP contribution in [0.4, 0.5) is 10.1 Å². The Bertz CT molecular complexity index is 1210. The van der Waals surface area contributed by atoms with Gasteiger partial charge in [-0.15, -0.1) is 0 Å². The monoisotopic (exact) mass is 491 g/mol. The molecule has 1 atom stereocenters. The van der Waals surface area contributed by atoms with Crippen LogP contribution in [0.2, 0.25) is 0 Å². The molecule has 8 nitrogen and oxygen atoms in total. The second-order valence-electron chi connectivity index (χ2n) is 9.02. The second-order valence-corrected chi connectivity index (χ2v) is 9.02. The van der Waals surface area contributed by atoms with Gasteiger partial charge in [0.1, 0.15) is 11.5 Å². The lowest BCUT2D eigenvalue weighted by molar-refractivity contribution is 0.0922. The maximum atomic E-state index is 13.1. The number of carbonyl (C=O) groups is 3. The van der Waals surface area contributed by atoms with E-state index in [2.05, 4.69) is 32.4 Å². The molecule has 1 aromatic heterocycles. The van der Waals surface area contributed by atoms with Gasteiger partial charge in [-0.25, -0.2) is 9.37 Å². The fourth-order valence-corrected chi connectivity index (χ4v) is 4.35. The maximum absolute atomic E-state index is 13.1. The first-order chi connectivity index (χ1) is 17.4. The first kappa shape index (κ1) is 25.2. The number of rotatable bonds is 9. The molecule has 2 amide bonds. The number of amides is 2. The van der Waals surface area contributed by atoms with Gasteiger partial charge in [-0.3, -0.25) is 19.3 Å². The lowest BCUT2D eigenvalue weighted by Gasteiger charge is -2.33. The highest BCUT2D eigenvalue weighted by Gasteiger charge is 2.22. The van der Waals surface area contributed by atoms with Crippen molar-refractivity contribution in [2.75, 3.05) is 25.0 Å². The van der Waals surface area contributed by atoms with Gasteiger partial charge in [0.15, 0.2) is 11.5 Å². The summed E-state index contributed by atoms with van der Waals surface area (Å²) in [4.78, 5) is 47.0. The van der Waals surface area contributed by atoms with E-state index >= 15 is 0 Å². The average molecular weight is 492 g/mol. The van der Waals surface area contributed by atoms with E-state index in [4.69, 9.17) is 0 Å². The summed E-state index contributed by atoms with van der Waals surface area (Å²) < 4.78 is 13.1. The summed E-state index contributed by atoms with van der Waals surface area (Å²) in [6, 6.07) is 12.8. The van der Waals surface area contributed by atoms with Gasteiger partial charge in [0.2, 0.25) is 0 Å². The summed E-state index contributed by atoms with van der Waals surface area (Å²) in [5.41, 5.74) is 1.82. The molecule has 0 bridgehead atoms. The molecule has 0 spiro atoms. The quantitative estimate of drug-likeness (QED) is 0.395. The summed E-state index contributed by atoms with van der Waals surface area (Å²) >= 11 is 0. The van der Waals surface area contributed by atoms with Crippen molar-refractivity contribution in [3.63, 3.8) is 0 Å². The number of hydrogen-bond acceptors (Lipinski definition) is 5. The molecule has 4 rings (SSSR count). The van der Waals surface area contributed by atoms with E-state index in [0.717, 1.165) is 18.7 Å². The van der Waals surface area contributed by atoms with E-state index in [9.17, 15) is 18.8 Å². The minimum Gasteiger partial charge on any atom is -0.349 e. The third-order valence-electron chi connectivity index (χ3n) is 6.45. The van der Waals surface area contributed by atoms with Crippen LogP contribution < -0.4 is 10.6 Å². The molecule has 9 heteroatoms. The minimum absolute atomic E-state index is 0.00871. The van der Waals surface area contributed by atoms with Crippen LogP contribution in [0.5, 0.6) is 0 Å². The number of imidazole rings is 1. The van der Waals surface area contributed by atoms with Crippen LogP contribution in [0.1, 0.15) is 63.1 Å². The molecular formula is C27H30FN5O3. The van der Waals surface area contributed by atoms with Crippen molar-refractivity contribution in [2.45, 2.75) is 38.6 Å². The van der Waals surface area contributed by atoms with E-state index in [1.807, 2.05) is 0 Å². The van der Waals surface area contributed by atoms with E-state index < -0.39 is 11.7 Å². The fraction of sp³-hybridized carbons (Fsp3) is 0.333. The standard InChI is InChI=1S/C27H30FN5O3/c1-18-4-2-3-14-33(18)15-13-29-26(35)24-25(31-17-30-24)27(36)32-22-11-5-19(6-12-22)16-23(34)20-7-9-21(28)10-8-20/h5-12,17-18H,2-4,13-16H2,1H3,(H,29,35)(H,30,31)(H,32,36). The molecule has 0 saturated carbocycles. The Hall–Kier alpha value is -3.85. The number of H-pyrrole nitrogens is 1. The van der Waals surface area contributed by atoms with Crippen molar-refractivity contribution in [2.24, 2.45) is 0 Å². The molecular weight excluding hydrogens is 461 g/mol. The zero-order valence-electron chi connectivity index (χ0n) is 20.2. The maximum Gasteiger partial charge on any atom is 0.276 e.